The van der Waals surface area contributed by atoms with Crippen LogP contribution >= 0.6 is 7.82 Å². The molecule has 104 valence electrons. The molecule has 0 fully saturated rings. The van der Waals surface area contributed by atoms with Crippen molar-refractivity contribution in [2.45, 2.75) is 32.1 Å². The average Bonchev–Trinajstić information content (AvgIpc) is 2.37. The number of unbranched alkanes of at least 4 members (excludes halogenated alkanes) is 2. The number of hydrogen-bond donors (Lipinski definition) is 2. The quantitative estimate of drug-likeness (QED) is 0.458. The molecular weight excluding hydrogens is 263 g/mol. The zero-order valence-electron chi connectivity index (χ0n) is 10.8. The van der Waals surface area contributed by atoms with Gasteiger partial charge in [0.1, 0.15) is 0 Å². The summed E-state index contributed by atoms with van der Waals surface area (Å²) < 4.78 is 14.6. The first kappa shape index (κ1) is 15.9. The fourth-order valence-corrected chi connectivity index (χ4v) is 1.91. The summed E-state index contributed by atoms with van der Waals surface area (Å²) in [5.74, 6) is 5.81. The number of aryl methyl sites for hydroxylation is 1. The van der Waals surface area contributed by atoms with Gasteiger partial charge in [0, 0.05) is 12.8 Å². The van der Waals surface area contributed by atoms with Crippen molar-refractivity contribution in [1.29, 1.82) is 0 Å². The molecule has 1 rings (SSSR count). The largest absolute Gasteiger partial charge is 0.469 e. The lowest BCUT2D eigenvalue weighted by Gasteiger charge is -2.01. The molecule has 0 aliphatic carbocycles. The topological polar surface area (TPSA) is 66.8 Å². The third-order valence-corrected chi connectivity index (χ3v) is 2.99. The van der Waals surface area contributed by atoms with E-state index in [4.69, 9.17) is 9.79 Å². The van der Waals surface area contributed by atoms with Crippen LogP contribution in [0.4, 0.5) is 0 Å². The Morgan fingerprint density at radius 3 is 2.42 bits per heavy atom. The summed E-state index contributed by atoms with van der Waals surface area (Å²) in [5.41, 5.74) is 1.34. The van der Waals surface area contributed by atoms with Gasteiger partial charge in [0.15, 0.2) is 0 Å². The summed E-state index contributed by atoms with van der Waals surface area (Å²) in [6, 6.07) is 10.3. The van der Waals surface area contributed by atoms with Crippen LogP contribution in [0.15, 0.2) is 30.3 Å². The van der Waals surface area contributed by atoms with Gasteiger partial charge in [-0.15, -0.1) is 11.8 Å². The molecule has 0 unspecified atom stereocenters. The lowest BCUT2D eigenvalue weighted by Crippen LogP contribution is -1.90. The molecule has 19 heavy (non-hydrogen) atoms. The smallest absolute Gasteiger partial charge is 0.303 e. The molecule has 0 atom stereocenters. The maximum absolute atomic E-state index is 10.4. The highest BCUT2D eigenvalue weighted by Gasteiger charge is 2.11. The Balaban J connectivity index is 2.01. The van der Waals surface area contributed by atoms with Gasteiger partial charge in [-0.1, -0.05) is 30.3 Å². The molecule has 0 amide bonds. The lowest BCUT2D eigenvalue weighted by atomic mass is 10.1. The molecular formula is C14H19O4P. The minimum Gasteiger partial charge on any atom is -0.303 e. The van der Waals surface area contributed by atoms with Crippen LogP contribution in [0.25, 0.3) is 0 Å². The van der Waals surface area contributed by atoms with Gasteiger partial charge in [0.2, 0.25) is 0 Å². The molecule has 1 aromatic rings. The average molecular weight is 282 g/mol. The number of rotatable bonds is 7. The van der Waals surface area contributed by atoms with Crippen molar-refractivity contribution in [2.24, 2.45) is 0 Å². The van der Waals surface area contributed by atoms with Crippen molar-refractivity contribution in [3.63, 3.8) is 0 Å². The molecule has 2 N–H and O–H groups in total. The second kappa shape index (κ2) is 8.90. The molecule has 4 nitrogen and oxygen atoms in total. The summed E-state index contributed by atoms with van der Waals surface area (Å²) >= 11 is 0. The van der Waals surface area contributed by atoms with Crippen molar-refractivity contribution >= 4 is 7.82 Å². The van der Waals surface area contributed by atoms with Crippen LogP contribution in [0.2, 0.25) is 0 Å². The van der Waals surface area contributed by atoms with Crippen LogP contribution in [0.5, 0.6) is 0 Å². The zero-order chi connectivity index (χ0) is 14.0. The Morgan fingerprint density at radius 1 is 1.05 bits per heavy atom. The fraction of sp³-hybridized carbons (Fsp3) is 0.429. The Bertz CT molecular complexity index is 455. The first-order chi connectivity index (χ1) is 9.08. The molecule has 0 saturated heterocycles. The van der Waals surface area contributed by atoms with Gasteiger partial charge in [-0.05, 0) is 24.8 Å². The van der Waals surface area contributed by atoms with Gasteiger partial charge in [-0.2, -0.15) is 0 Å². The van der Waals surface area contributed by atoms with E-state index in [9.17, 15) is 4.57 Å². The fourth-order valence-electron chi connectivity index (χ4n) is 1.58. The third-order valence-electron chi connectivity index (χ3n) is 2.47. The number of hydrogen-bond acceptors (Lipinski definition) is 2. The van der Waals surface area contributed by atoms with E-state index in [1.165, 1.54) is 5.56 Å². The maximum Gasteiger partial charge on any atom is 0.469 e. The zero-order valence-corrected chi connectivity index (χ0v) is 11.7. The molecule has 0 aliphatic rings. The second-order valence-corrected chi connectivity index (χ2v) is 5.36. The van der Waals surface area contributed by atoms with Gasteiger partial charge in [0.25, 0.3) is 0 Å². The highest BCUT2D eigenvalue weighted by molar-refractivity contribution is 7.46. The van der Waals surface area contributed by atoms with Crippen LogP contribution in [-0.2, 0) is 15.5 Å². The minimum atomic E-state index is -4.33. The van der Waals surface area contributed by atoms with Crippen molar-refractivity contribution in [3.8, 4) is 11.8 Å². The summed E-state index contributed by atoms with van der Waals surface area (Å²) in [6.45, 7) is -0.0265. The SMILES string of the molecule is O=P(O)(O)OCCC#CCCCCc1ccccc1. The Hall–Kier alpha value is -1.11. The monoisotopic (exact) mass is 282 g/mol. The molecule has 0 bridgehead atoms. The second-order valence-electron chi connectivity index (χ2n) is 4.12. The summed E-state index contributed by atoms with van der Waals surface area (Å²) in [7, 11) is -4.33. The van der Waals surface area contributed by atoms with E-state index in [1.54, 1.807) is 0 Å². The molecule has 1 aromatic carbocycles. The van der Waals surface area contributed by atoms with E-state index in [1.807, 2.05) is 18.2 Å². The summed E-state index contributed by atoms with van der Waals surface area (Å²) in [6.07, 6.45) is 4.34. The van der Waals surface area contributed by atoms with E-state index in [2.05, 4.69) is 28.5 Å². The predicted octanol–water partition coefficient (Wildman–Crippen LogP) is 2.90. The van der Waals surface area contributed by atoms with Crippen LogP contribution in [0.1, 0.15) is 31.2 Å². The Kier molecular flexibility index (Phi) is 7.47. The summed E-state index contributed by atoms with van der Waals surface area (Å²) in [5, 5.41) is 0. The van der Waals surface area contributed by atoms with E-state index < -0.39 is 7.82 Å². The molecule has 0 saturated carbocycles. The van der Waals surface area contributed by atoms with Gasteiger partial charge in [-0.25, -0.2) is 4.57 Å². The molecule has 0 spiro atoms. The normalized spacial score (nSPS) is 10.8. The highest BCUT2D eigenvalue weighted by Crippen LogP contribution is 2.35. The van der Waals surface area contributed by atoms with Gasteiger partial charge in [0.05, 0.1) is 6.61 Å². The van der Waals surface area contributed by atoms with Crippen LogP contribution in [0.3, 0.4) is 0 Å². The minimum absolute atomic E-state index is 0.0265. The summed E-state index contributed by atoms with van der Waals surface area (Å²) in [4.78, 5) is 16.9. The first-order valence-corrected chi connectivity index (χ1v) is 7.81. The number of benzene rings is 1. The van der Waals surface area contributed by atoms with Gasteiger partial charge < -0.3 is 9.79 Å². The molecule has 5 heteroatoms. The van der Waals surface area contributed by atoms with Crippen molar-refractivity contribution in [3.05, 3.63) is 35.9 Å². The van der Waals surface area contributed by atoms with Crippen molar-refractivity contribution in [1.82, 2.24) is 0 Å². The molecule has 0 heterocycles. The predicted molar refractivity (Wildman–Crippen MR) is 74.4 cm³/mol. The Morgan fingerprint density at radius 2 is 1.74 bits per heavy atom. The Labute approximate surface area is 114 Å². The van der Waals surface area contributed by atoms with E-state index in [-0.39, 0.29) is 6.61 Å². The molecule has 0 aromatic heterocycles. The lowest BCUT2D eigenvalue weighted by molar-refractivity contribution is 0.201. The van der Waals surface area contributed by atoms with E-state index >= 15 is 0 Å². The van der Waals surface area contributed by atoms with Crippen LogP contribution < -0.4 is 0 Å². The highest BCUT2D eigenvalue weighted by atomic mass is 31.2. The first-order valence-electron chi connectivity index (χ1n) is 6.28. The van der Waals surface area contributed by atoms with Crippen molar-refractivity contribution < 1.29 is 18.9 Å². The maximum atomic E-state index is 10.4. The van der Waals surface area contributed by atoms with Crippen LogP contribution in [-0.4, -0.2) is 16.4 Å². The van der Waals surface area contributed by atoms with E-state index in [0.717, 1.165) is 25.7 Å². The number of phosphoric ester groups is 1. The van der Waals surface area contributed by atoms with Gasteiger partial charge in [-0.3, -0.25) is 4.52 Å². The molecule has 0 radical (unpaired) electrons. The molecule has 0 aliphatic heterocycles. The van der Waals surface area contributed by atoms with Crippen molar-refractivity contribution in [2.75, 3.05) is 6.61 Å². The number of phosphoric acid groups is 1. The standard InChI is InChI=1S/C14H19O4P/c15-19(16,17)18-13-9-4-2-1-3-6-10-14-11-7-5-8-12-14/h5,7-8,11-12H,1,3,6,9-10,13H2,(H2,15,16,17). The van der Waals surface area contributed by atoms with Crippen LogP contribution in [0, 0.1) is 11.8 Å². The third kappa shape index (κ3) is 9.47. The van der Waals surface area contributed by atoms with Gasteiger partial charge >= 0.3 is 7.82 Å². The van der Waals surface area contributed by atoms with E-state index in [0.29, 0.717) is 6.42 Å².